The average Bonchev–Trinajstić information content (AvgIpc) is 2.98. The molecule has 1 aliphatic rings. The van der Waals surface area contributed by atoms with Crippen LogP contribution in [-0.4, -0.2) is 36.1 Å². The van der Waals surface area contributed by atoms with Crippen molar-refractivity contribution in [1.29, 1.82) is 5.26 Å². The van der Waals surface area contributed by atoms with Crippen molar-refractivity contribution >= 4 is 32.6 Å². The Morgan fingerprint density at radius 1 is 0.974 bits per heavy atom. The molecular formula is C33H31BrN2O3. The summed E-state index contributed by atoms with van der Waals surface area (Å²) >= 11 is 3.45. The van der Waals surface area contributed by atoms with Crippen LogP contribution in [0.15, 0.2) is 95.5 Å². The number of carbonyl (C=O) groups is 1. The third-order valence-corrected chi connectivity index (χ3v) is 8.63. The van der Waals surface area contributed by atoms with Gasteiger partial charge in [0.1, 0.15) is 11.2 Å². The molecule has 39 heavy (non-hydrogen) atoms. The quantitative estimate of drug-likeness (QED) is 0.272. The summed E-state index contributed by atoms with van der Waals surface area (Å²) in [4.78, 5) is 16.1. The first-order valence-corrected chi connectivity index (χ1v) is 13.9. The van der Waals surface area contributed by atoms with Crippen LogP contribution in [0, 0.1) is 16.7 Å². The number of rotatable bonds is 6. The molecule has 4 aromatic carbocycles. The molecule has 1 aliphatic heterocycles. The van der Waals surface area contributed by atoms with E-state index in [1.165, 1.54) is 0 Å². The van der Waals surface area contributed by atoms with Gasteiger partial charge < -0.3 is 14.7 Å². The molecule has 5 nitrogen and oxygen atoms in total. The molecule has 0 aromatic heterocycles. The number of benzene rings is 4. The van der Waals surface area contributed by atoms with E-state index in [1.807, 2.05) is 91.0 Å². The standard InChI is InChI=1S/C33H31BrN2O3/c1-32(22-35,31(37)36-20-18-33(38,19-21-36)24-14-16-25(34)17-15-24)30(28-11-5-6-13-29(28)39-2)27-12-7-9-23-8-3-4-10-26(23)27/h3-17,30,38H,18-21H2,1-2H3/t30-,32+/m0/s1. The van der Waals surface area contributed by atoms with Crippen molar-refractivity contribution in [3.8, 4) is 11.8 Å². The van der Waals surface area contributed by atoms with Gasteiger partial charge in [-0.1, -0.05) is 88.7 Å². The smallest absolute Gasteiger partial charge is 0.243 e. The van der Waals surface area contributed by atoms with Crippen molar-refractivity contribution in [3.05, 3.63) is 112 Å². The first-order valence-electron chi connectivity index (χ1n) is 13.1. The van der Waals surface area contributed by atoms with E-state index >= 15 is 0 Å². The van der Waals surface area contributed by atoms with E-state index in [0.29, 0.717) is 31.7 Å². The first kappa shape index (κ1) is 26.9. The van der Waals surface area contributed by atoms with Gasteiger partial charge in [-0.2, -0.15) is 5.26 Å². The van der Waals surface area contributed by atoms with Gasteiger partial charge in [-0.3, -0.25) is 4.79 Å². The van der Waals surface area contributed by atoms with E-state index in [4.69, 9.17) is 4.74 Å². The number of hydrogen-bond donors (Lipinski definition) is 1. The van der Waals surface area contributed by atoms with Crippen molar-refractivity contribution in [2.75, 3.05) is 20.2 Å². The number of ether oxygens (including phenoxy) is 1. The van der Waals surface area contributed by atoms with Gasteiger partial charge in [0.15, 0.2) is 0 Å². The number of fused-ring (bicyclic) bond motifs is 1. The molecule has 1 heterocycles. The monoisotopic (exact) mass is 582 g/mol. The van der Waals surface area contributed by atoms with Gasteiger partial charge in [0.05, 0.1) is 18.8 Å². The molecule has 1 fully saturated rings. The third kappa shape index (κ3) is 4.93. The molecule has 0 bridgehead atoms. The predicted molar refractivity (Wildman–Crippen MR) is 156 cm³/mol. The number of hydrogen-bond acceptors (Lipinski definition) is 4. The zero-order valence-corrected chi connectivity index (χ0v) is 23.7. The largest absolute Gasteiger partial charge is 0.496 e. The van der Waals surface area contributed by atoms with Crippen LogP contribution in [0.25, 0.3) is 10.8 Å². The molecular weight excluding hydrogens is 552 g/mol. The van der Waals surface area contributed by atoms with Crippen LogP contribution in [0.3, 0.4) is 0 Å². The number of nitriles is 1. The lowest BCUT2D eigenvalue weighted by molar-refractivity contribution is -0.143. The summed E-state index contributed by atoms with van der Waals surface area (Å²) in [5.74, 6) is -0.191. The normalized spacial score (nSPS) is 17.2. The number of amides is 1. The van der Waals surface area contributed by atoms with Crippen LogP contribution in [0.1, 0.15) is 42.4 Å². The number of aliphatic hydroxyl groups is 1. The lowest BCUT2D eigenvalue weighted by atomic mass is 9.68. The second kappa shape index (κ2) is 10.8. The Labute approximate surface area is 237 Å². The highest BCUT2D eigenvalue weighted by atomic mass is 79.9. The molecule has 5 rings (SSSR count). The van der Waals surface area contributed by atoms with E-state index < -0.39 is 16.9 Å². The maximum atomic E-state index is 14.3. The summed E-state index contributed by atoms with van der Waals surface area (Å²) in [5, 5.41) is 24.2. The number of nitrogens with zero attached hydrogens (tertiary/aromatic N) is 2. The van der Waals surface area contributed by atoms with Gasteiger partial charge in [0, 0.05) is 29.0 Å². The highest BCUT2D eigenvalue weighted by molar-refractivity contribution is 9.10. The van der Waals surface area contributed by atoms with Crippen molar-refractivity contribution in [2.45, 2.75) is 31.3 Å². The Kier molecular flexibility index (Phi) is 7.48. The zero-order chi connectivity index (χ0) is 27.6. The van der Waals surface area contributed by atoms with E-state index in [2.05, 4.69) is 22.0 Å². The fourth-order valence-electron chi connectivity index (χ4n) is 5.89. The molecule has 2 atom stereocenters. The number of carbonyl (C=O) groups excluding carboxylic acids is 1. The van der Waals surface area contributed by atoms with E-state index in [-0.39, 0.29) is 5.91 Å². The maximum Gasteiger partial charge on any atom is 0.243 e. The maximum absolute atomic E-state index is 14.3. The van der Waals surface area contributed by atoms with E-state index in [1.54, 1.807) is 18.9 Å². The summed E-state index contributed by atoms with van der Waals surface area (Å²) in [5.41, 5.74) is 0.0864. The minimum Gasteiger partial charge on any atom is -0.496 e. The molecule has 1 N–H and O–H groups in total. The second-order valence-electron chi connectivity index (χ2n) is 10.4. The molecule has 4 aromatic rings. The SMILES string of the molecule is COc1ccccc1[C@H](c1cccc2ccccc12)[C@@](C)(C#N)C(=O)N1CCC(O)(c2ccc(Br)cc2)CC1. The van der Waals surface area contributed by atoms with Gasteiger partial charge in [0.25, 0.3) is 0 Å². The molecule has 0 unspecified atom stereocenters. The Morgan fingerprint density at radius 2 is 1.59 bits per heavy atom. The third-order valence-electron chi connectivity index (χ3n) is 8.10. The number of para-hydroxylation sites is 1. The Balaban J connectivity index is 1.55. The lowest BCUT2D eigenvalue weighted by Crippen LogP contribution is -2.51. The van der Waals surface area contributed by atoms with Crippen molar-refractivity contribution in [3.63, 3.8) is 0 Å². The summed E-state index contributed by atoms with van der Waals surface area (Å²) in [6, 6.07) is 31.8. The highest BCUT2D eigenvalue weighted by Gasteiger charge is 2.48. The summed E-state index contributed by atoms with van der Waals surface area (Å²) in [6.07, 6.45) is 0.797. The summed E-state index contributed by atoms with van der Waals surface area (Å²) < 4.78 is 6.69. The Bertz CT molecular complexity index is 1530. The van der Waals surface area contributed by atoms with Crippen molar-refractivity contribution < 1.29 is 14.6 Å². The molecule has 198 valence electrons. The minimum atomic E-state index is -1.42. The molecule has 6 heteroatoms. The fourth-order valence-corrected chi connectivity index (χ4v) is 6.15. The van der Waals surface area contributed by atoms with Crippen LogP contribution in [0.5, 0.6) is 5.75 Å². The number of methoxy groups -OCH3 is 1. The zero-order valence-electron chi connectivity index (χ0n) is 22.1. The van der Waals surface area contributed by atoms with Gasteiger partial charge in [-0.25, -0.2) is 0 Å². The average molecular weight is 584 g/mol. The topological polar surface area (TPSA) is 73.6 Å². The first-order chi connectivity index (χ1) is 18.8. The Morgan fingerprint density at radius 3 is 2.28 bits per heavy atom. The Hall–Kier alpha value is -3.66. The molecule has 0 radical (unpaired) electrons. The van der Waals surface area contributed by atoms with Gasteiger partial charge >= 0.3 is 0 Å². The predicted octanol–water partition coefficient (Wildman–Crippen LogP) is 6.78. The van der Waals surface area contributed by atoms with Gasteiger partial charge in [-0.05, 0) is 59.9 Å². The molecule has 0 saturated carbocycles. The second-order valence-corrected chi connectivity index (χ2v) is 11.3. The molecule has 1 amide bonds. The highest BCUT2D eigenvalue weighted by Crippen LogP contribution is 2.48. The fraction of sp³-hybridized carbons (Fsp3) is 0.273. The molecule has 0 spiro atoms. The van der Waals surface area contributed by atoms with Crippen LogP contribution in [0.4, 0.5) is 0 Å². The van der Waals surface area contributed by atoms with E-state index in [9.17, 15) is 15.2 Å². The van der Waals surface area contributed by atoms with E-state index in [0.717, 1.165) is 31.9 Å². The van der Waals surface area contributed by atoms with Crippen LogP contribution < -0.4 is 4.74 Å². The van der Waals surface area contributed by atoms with Gasteiger partial charge in [0.2, 0.25) is 5.91 Å². The number of piperidine rings is 1. The van der Waals surface area contributed by atoms with Gasteiger partial charge in [-0.15, -0.1) is 0 Å². The summed E-state index contributed by atoms with van der Waals surface area (Å²) in [7, 11) is 1.61. The van der Waals surface area contributed by atoms with Crippen molar-refractivity contribution in [1.82, 2.24) is 4.90 Å². The summed E-state index contributed by atoms with van der Waals surface area (Å²) in [6.45, 7) is 2.46. The van der Waals surface area contributed by atoms with Crippen LogP contribution in [-0.2, 0) is 10.4 Å². The lowest BCUT2D eigenvalue weighted by Gasteiger charge is -2.42. The number of likely N-dealkylation sites (tertiary alicyclic amines) is 1. The van der Waals surface area contributed by atoms with Crippen molar-refractivity contribution in [2.24, 2.45) is 5.41 Å². The molecule has 1 saturated heterocycles. The van der Waals surface area contributed by atoms with Crippen LogP contribution >= 0.6 is 15.9 Å². The van der Waals surface area contributed by atoms with Crippen LogP contribution in [0.2, 0.25) is 0 Å². The number of halogens is 1. The minimum absolute atomic E-state index is 0.244. The molecule has 0 aliphatic carbocycles.